The van der Waals surface area contributed by atoms with Crippen LogP contribution in [-0.4, -0.2) is 24.7 Å². The zero-order valence-corrected chi connectivity index (χ0v) is 13.0. The number of hydrogen-bond acceptors (Lipinski definition) is 3. The predicted octanol–water partition coefficient (Wildman–Crippen LogP) is 3.35. The summed E-state index contributed by atoms with van der Waals surface area (Å²) in [4.78, 5) is 11.8. The van der Waals surface area contributed by atoms with E-state index in [1.165, 1.54) is 12.8 Å². The highest BCUT2D eigenvalue weighted by Gasteiger charge is 2.26. The van der Waals surface area contributed by atoms with E-state index in [9.17, 15) is 4.79 Å². The lowest BCUT2D eigenvalue weighted by molar-refractivity contribution is -0.121. The summed E-state index contributed by atoms with van der Waals surface area (Å²) in [5.74, 6) is -0.186. The predicted molar refractivity (Wildman–Crippen MR) is 85.5 cm³/mol. The molecule has 0 heterocycles. The van der Waals surface area contributed by atoms with Crippen LogP contribution >= 0.6 is 11.6 Å². The molecule has 2 rings (SSSR count). The van der Waals surface area contributed by atoms with E-state index >= 15 is 0 Å². The topological polar surface area (TPSA) is 64.3 Å². The Labute approximate surface area is 131 Å². The second-order valence-electron chi connectivity index (χ2n) is 5.83. The summed E-state index contributed by atoms with van der Waals surface area (Å²) in [6, 6.07) is 7.05. The fourth-order valence-electron chi connectivity index (χ4n) is 2.69. The number of rotatable bonds is 5. The number of anilines is 1. The molecule has 1 aliphatic rings. The third kappa shape index (κ3) is 5.65. The Balaban J connectivity index is 1.73. The van der Waals surface area contributed by atoms with Gasteiger partial charge < -0.3 is 15.8 Å². The lowest BCUT2D eigenvalue weighted by atomic mass is 9.93. The molecule has 4 nitrogen and oxygen atoms in total. The average Bonchev–Trinajstić information content (AvgIpc) is 2.64. The van der Waals surface area contributed by atoms with E-state index in [0.29, 0.717) is 17.3 Å². The minimum absolute atomic E-state index is 0.0193. The highest BCUT2D eigenvalue weighted by Crippen LogP contribution is 2.25. The van der Waals surface area contributed by atoms with Crippen molar-refractivity contribution < 1.29 is 9.53 Å². The minimum atomic E-state index is -0.271. The Morgan fingerprint density at radius 3 is 2.67 bits per heavy atom. The second-order valence-corrected chi connectivity index (χ2v) is 6.26. The molecule has 5 heteroatoms. The Hall–Kier alpha value is -1.10. The Morgan fingerprint density at radius 1 is 1.29 bits per heavy atom. The largest absolute Gasteiger partial charge is 0.370 e. The maximum absolute atomic E-state index is 11.8. The third-order valence-electron chi connectivity index (χ3n) is 3.83. The van der Waals surface area contributed by atoms with Gasteiger partial charge in [0.1, 0.15) is 6.61 Å². The van der Waals surface area contributed by atoms with E-state index in [1.807, 2.05) is 0 Å². The van der Waals surface area contributed by atoms with Gasteiger partial charge >= 0.3 is 0 Å². The lowest BCUT2D eigenvalue weighted by Crippen LogP contribution is -2.44. The summed E-state index contributed by atoms with van der Waals surface area (Å²) < 4.78 is 5.53. The van der Waals surface area contributed by atoms with Gasteiger partial charge in [-0.05, 0) is 31.0 Å². The molecule has 0 saturated heterocycles. The maximum atomic E-state index is 11.8. The molecule has 1 saturated carbocycles. The van der Waals surface area contributed by atoms with Crippen LogP contribution in [0.3, 0.4) is 0 Å². The van der Waals surface area contributed by atoms with Crippen LogP contribution < -0.4 is 11.1 Å². The molecule has 1 aromatic carbocycles. The SMILES string of the molecule is NC1(COCC(=O)Nc2cccc(Cl)c2)CCCCCC1. The van der Waals surface area contributed by atoms with Crippen molar-refractivity contribution in [2.75, 3.05) is 18.5 Å². The molecule has 1 amide bonds. The maximum Gasteiger partial charge on any atom is 0.250 e. The van der Waals surface area contributed by atoms with Gasteiger partial charge in [-0.1, -0.05) is 43.4 Å². The van der Waals surface area contributed by atoms with Crippen LogP contribution in [0.1, 0.15) is 38.5 Å². The van der Waals surface area contributed by atoms with Gasteiger partial charge in [-0.2, -0.15) is 0 Å². The van der Waals surface area contributed by atoms with Crippen molar-refractivity contribution in [1.82, 2.24) is 0 Å². The number of halogens is 1. The first kappa shape index (κ1) is 16.3. The molecule has 0 radical (unpaired) electrons. The van der Waals surface area contributed by atoms with E-state index in [2.05, 4.69) is 5.32 Å². The molecule has 0 aliphatic heterocycles. The molecule has 0 aromatic heterocycles. The average molecular weight is 311 g/mol. The Morgan fingerprint density at radius 2 is 2.00 bits per heavy atom. The standard InChI is InChI=1S/C16H23ClN2O2/c17-13-6-5-7-14(10-13)19-15(20)11-21-12-16(18)8-3-1-2-4-9-16/h5-7,10H,1-4,8-9,11-12,18H2,(H,19,20). The number of amides is 1. The molecule has 21 heavy (non-hydrogen) atoms. The van der Waals surface area contributed by atoms with Gasteiger partial charge in [0.25, 0.3) is 0 Å². The highest BCUT2D eigenvalue weighted by molar-refractivity contribution is 6.30. The van der Waals surface area contributed by atoms with E-state index in [0.717, 1.165) is 25.7 Å². The van der Waals surface area contributed by atoms with Crippen LogP contribution in [0.15, 0.2) is 24.3 Å². The number of hydrogen-bond donors (Lipinski definition) is 2. The zero-order valence-electron chi connectivity index (χ0n) is 12.2. The summed E-state index contributed by atoms with van der Waals surface area (Å²) in [6.07, 6.45) is 6.73. The van der Waals surface area contributed by atoms with Crippen LogP contribution in [0, 0.1) is 0 Å². The van der Waals surface area contributed by atoms with Crippen LogP contribution in [0.5, 0.6) is 0 Å². The van der Waals surface area contributed by atoms with Crippen LogP contribution in [0.2, 0.25) is 5.02 Å². The lowest BCUT2D eigenvalue weighted by Gasteiger charge is -2.27. The first-order valence-corrected chi connectivity index (χ1v) is 7.87. The van der Waals surface area contributed by atoms with Crippen molar-refractivity contribution in [3.8, 4) is 0 Å². The van der Waals surface area contributed by atoms with Gasteiger partial charge in [0.05, 0.1) is 6.61 Å². The van der Waals surface area contributed by atoms with Gasteiger partial charge in [-0.25, -0.2) is 0 Å². The molecule has 3 N–H and O–H groups in total. The molecule has 1 aliphatic carbocycles. The molecular formula is C16H23ClN2O2. The zero-order chi connectivity index (χ0) is 15.1. The first-order valence-electron chi connectivity index (χ1n) is 7.49. The minimum Gasteiger partial charge on any atom is -0.370 e. The molecule has 0 spiro atoms. The van der Waals surface area contributed by atoms with Crippen molar-refractivity contribution in [3.05, 3.63) is 29.3 Å². The quantitative estimate of drug-likeness (QED) is 0.820. The van der Waals surface area contributed by atoms with Gasteiger partial charge in [0, 0.05) is 16.2 Å². The molecule has 0 atom stereocenters. The summed E-state index contributed by atoms with van der Waals surface area (Å²) in [7, 11) is 0. The van der Waals surface area contributed by atoms with Crippen molar-refractivity contribution in [1.29, 1.82) is 0 Å². The molecule has 116 valence electrons. The van der Waals surface area contributed by atoms with Gasteiger partial charge in [-0.3, -0.25) is 4.79 Å². The van der Waals surface area contributed by atoms with Crippen molar-refractivity contribution in [2.45, 2.75) is 44.1 Å². The van der Waals surface area contributed by atoms with Crippen LogP contribution in [-0.2, 0) is 9.53 Å². The number of carbonyl (C=O) groups is 1. The summed E-state index contributed by atoms with van der Waals surface area (Å²) in [6.45, 7) is 0.460. The number of nitrogens with two attached hydrogens (primary N) is 1. The smallest absolute Gasteiger partial charge is 0.250 e. The van der Waals surface area contributed by atoms with E-state index in [1.54, 1.807) is 24.3 Å². The van der Waals surface area contributed by atoms with E-state index in [4.69, 9.17) is 22.1 Å². The molecule has 1 fully saturated rings. The Kier molecular flexibility index (Phi) is 6.03. The third-order valence-corrected chi connectivity index (χ3v) is 4.07. The Bertz CT molecular complexity index is 471. The fraction of sp³-hybridized carbons (Fsp3) is 0.562. The first-order chi connectivity index (χ1) is 10.1. The normalized spacial score (nSPS) is 18.0. The summed E-state index contributed by atoms with van der Waals surface area (Å²) >= 11 is 5.87. The molecule has 0 unspecified atom stereocenters. The highest BCUT2D eigenvalue weighted by atomic mass is 35.5. The van der Waals surface area contributed by atoms with E-state index in [-0.39, 0.29) is 18.1 Å². The monoisotopic (exact) mass is 310 g/mol. The number of carbonyl (C=O) groups excluding carboxylic acids is 1. The van der Waals surface area contributed by atoms with Crippen molar-refractivity contribution >= 4 is 23.2 Å². The molecular weight excluding hydrogens is 288 g/mol. The number of ether oxygens (including phenoxy) is 1. The van der Waals surface area contributed by atoms with Crippen molar-refractivity contribution in [3.63, 3.8) is 0 Å². The van der Waals surface area contributed by atoms with Gasteiger partial charge in [0.2, 0.25) is 5.91 Å². The van der Waals surface area contributed by atoms with E-state index < -0.39 is 0 Å². The fourth-order valence-corrected chi connectivity index (χ4v) is 2.88. The summed E-state index contributed by atoms with van der Waals surface area (Å²) in [5.41, 5.74) is 6.75. The van der Waals surface area contributed by atoms with Gasteiger partial charge in [0.15, 0.2) is 0 Å². The van der Waals surface area contributed by atoms with Crippen LogP contribution in [0.25, 0.3) is 0 Å². The number of benzene rings is 1. The number of nitrogens with one attached hydrogen (secondary N) is 1. The molecule has 0 bridgehead atoms. The van der Waals surface area contributed by atoms with Gasteiger partial charge in [-0.15, -0.1) is 0 Å². The molecule has 1 aromatic rings. The second kappa shape index (κ2) is 7.78. The van der Waals surface area contributed by atoms with Crippen LogP contribution in [0.4, 0.5) is 5.69 Å². The summed E-state index contributed by atoms with van der Waals surface area (Å²) in [5, 5.41) is 3.35. The van der Waals surface area contributed by atoms with Crippen molar-refractivity contribution in [2.24, 2.45) is 5.73 Å².